The van der Waals surface area contributed by atoms with Crippen LogP contribution < -0.4 is 43.0 Å². The Balaban J connectivity index is 0.587. The number of aromatic amines is 6. The Morgan fingerprint density at radius 3 is 0.664 bits per heavy atom. The van der Waals surface area contributed by atoms with Crippen molar-refractivity contribution in [3.8, 4) is 34.5 Å². The van der Waals surface area contributed by atoms with E-state index in [2.05, 4.69) is 29.9 Å². The van der Waals surface area contributed by atoms with Gasteiger partial charge in [0, 0.05) is 216 Å². The van der Waals surface area contributed by atoms with Crippen molar-refractivity contribution in [1.29, 1.82) is 0 Å². The van der Waals surface area contributed by atoms with E-state index in [1.807, 2.05) is 78.7 Å². The highest BCUT2D eigenvalue weighted by molar-refractivity contribution is 7.56. The minimum Gasteiger partial charge on any atom is -0.506 e. The molecule has 27 rings (SSSR count). The number of carbonyl (C=O) groups is 6. The maximum Gasteiger partial charge on any atom is 0.715 e. The van der Waals surface area contributed by atoms with Gasteiger partial charge in [0.15, 0.2) is 0 Å². The van der Waals surface area contributed by atoms with Gasteiger partial charge in [-0.3, -0.25) is 28.8 Å². The Labute approximate surface area is 746 Å². The SMILES string of the molecule is Cc1c[nH]c2c(O)cc3c(c12)[C@H](CCl)CN3C(=O)C12CC(C(=O)N3C[C@@H](CCl)c4c3cc(O[P+](O)(Oc3cc5c(c6c(C)c[nH]c36)[C@H](CCl)CN5C(=O)C35CC(C(=O)N6C[C@@H](CCl)c7c6cc(O)c6[nH]cc(C)c76)(C3)C5)Oc3cc5c(c6c(C)c[nH]c36)[C@H](CCl)CN5C(=O)C35CC(C(=O)N6C[C@@H](CCl)c7c6cc(O)c6[nH]cc(C)c76)(C3)C5)c3[nH]cc(C)c43)(C1)C2. The van der Waals surface area contributed by atoms with E-state index in [0.717, 1.165) is 82.9 Å². The zero-order valence-corrected chi connectivity index (χ0v) is 74.5. The minimum absolute atomic E-state index is 0.0282. The first-order valence-corrected chi connectivity index (χ1v) is 47.6. The molecule has 0 saturated heterocycles. The normalized spacial score (nSPS) is 28.2. The molecule has 0 radical (unpaired) electrons. The van der Waals surface area contributed by atoms with Gasteiger partial charge in [-0.15, -0.1) is 74.5 Å². The molecule has 12 heterocycles. The van der Waals surface area contributed by atoms with Crippen molar-refractivity contribution >= 4 is 213 Å². The molecule has 9 saturated carbocycles. The predicted molar refractivity (Wildman–Crippen MR) is 485 cm³/mol. The van der Waals surface area contributed by atoms with Crippen LogP contribution in [0.2, 0.25) is 0 Å². The van der Waals surface area contributed by atoms with Gasteiger partial charge in [-0.1, -0.05) is 0 Å². The molecule has 6 bridgehead atoms. The van der Waals surface area contributed by atoms with Crippen LogP contribution in [-0.4, -0.2) is 160 Å². The molecular weight excluding hydrogens is 1740 g/mol. The number of aromatic hydroxyl groups is 3. The first-order chi connectivity index (χ1) is 59.9. The lowest BCUT2D eigenvalue weighted by Gasteiger charge is -2.69. The molecule has 25 nitrogen and oxygen atoms in total. The maximum atomic E-state index is 15.9. The Kier molecular flexibility index (Phi) is 16.6. The highest BCUT2D eigenvalue weighted by Crippen LogP contribution is 2.79. The molecule has 9 aliphatic carbocycles. The highest BCUT2D eigenvalue weighted by atomic mass is 35.5. The number of halogens is 6. The van der Waals surface area contributed by atoms with E-state index in [9.17, 15) is 20.2 Å². The Hall–Kier alpha value is -9.69. The average molecular weight is 1830 g/mol. The molecule has 10 N–H and O–H groups in total. The zero-order chi connectivity index (χ0) is 86.4. The van der Waals surface area contributed by atoms with Crippen molar-refractivity contribution in [2.24, 2.45) is 32.5 Å². The van der Waals surface area contributed by atoms with Crippen molar-refractivity contribution < 1.29 is 62.6 Å². The molecule has 0 unspecified atom stereocenters. The summed E-state index contributed by atoms with van der Waals surface area (Å²) in [6.45, 7) is 13.3. The number of nitrogens with zero attached hydrogens (tertiary/aromatic N) is 6. The van der Waals surface area contributed by atoms with E-state index in [0.29, 0.717) is 161 Å². The second-order valence-electron chi connectivity index (χ2n) is 38.9. The summed E-state index contributed by atoms with van der Waals surface area (Å²) >= 11 is 41.2. The third kappa shape index (κ3) is 10.1. The Morgan fingerprint density at radius 2 is 0.480 bits per heavy atom. The number of benzene rings is 6. The first-order valence-electron chi connectivity index (χ1n) is 42.9. The molecule has 15 aliphatic rings. The van der Waals surface area contributed by atoms with Gasteiger partial charge in [-0.05, 0) is 166 Å². The fourth-order valence-corrected chi connectivity index (χ4v) is 28.9. The largest absolute Gasteiger partial charge is 0.715 e. The smallest absolute Gasteiger partial charge is 0.506 e. The van der Waals surface area contributed by atoms with Crippen molar-refractivity contribution in [3.63, 3.8) is 0 Å². The molecule has 6 amide bonds. The van der Waals surface area contributed by atoms with E-state index in [4.69, 9.17) is 83.2 Å². The monoisotopic (exact) mass is 1820 g/mol. The van der Waals surface area contributed by atoms with Gasteiger partial charge in [0.25, 0.3) is 0 Å². The van der Waals surface area contributed by atoms with Crippen LogP contribution in [0.15, 0.2) is 73.6 Å². The van der Waals surface area contributed by atoms with Gasteiger partial charge in [0.2, 0.25) is 52.7 Å². The number of aryl methyl sites for hydroxylation is 6. The molecule has 12 aromatic rings. The number of carbonyl (C=O) groups excluding carboxylic acids is 6. The summed E-state index contributed by atoms with van der Waals surface area (Å²) in [6, 6.07) is 10.1. The van der Waals surface area contributed by atoms with E-state index in [-0.39, 0.29) is 160 Å². The van der Waals surface area contributed by atoms with Gasteiger partial charge >= 0.3 is 8.17 Å². The summed E-state index contributed by atoms with van der Waals surface area (Å²) in [5.74, 6) is -1.23. The number of anilines is 6. The second kappa shape index (κ2) is 26.3. The lowest BCUT2D eigenvalue weighted by Crippen LogP contribution is -2.73. The molecule has 6 aromatic heterocycles. The summed E-state index contributed by atoms with van der Waals surface area (Å²) < 4.78 is 21.9. The van der Waals surface area contributed by atoms with Crippen molar-refractivity contribution in [2.75, 3.05) is 104 Å². The van der Waals surface area contributed by atoms with Crippen LogP contribution in [0.25, 0.3) is 65.4 Å². The lowest BCUT2D eigenvalue weighted by atomic mass is 9.34. The molecule has 0 spiro atoms. The number of alkyl halides is 6. The predicted octanol–water partition coefficient (Wildman–Crippen LogP) is 18.4. The van der Waals surface area contributed by atoms with Crippen LogP contribution >= 0.6 is 77.8 Å². The third-order valence-electron chi connectivity index (χ3n) is 31.5. The number of rotatable bonds is 18. The van der Waals surface area contributed by atoms with Gasteiger partial charge in [-0.2, -0.15) is 0 Å². The number of hydrogen-bond acceptors (Lipinski definition) is 13. The molecule has 6 aliphatic heterocycles. The molecule has 644 valence electrons. The number of amides is 6. The summed E-state index contributed by atoms with van der Waals surface area (Å²) in [4.78, 5) is 138. The van der Waals surface area contributed by atoms with Gasteiger partial charge in [0.1, 0.15) is 17.2 Å². The molecule has 6 aromatic carbocycles. The van der Waals surface area contributed by atoms with Crippen LogP contribution in [0.3, 0.4) is 0 Å². The van der Waals surface area contributed by atoms with Crippen LogP contribution in [0.4, 0.5) is 34.1 Å². The number of nitrogens with one attached hydrogen (secondary N) is 6. The summed E-state index contributed by atoms with van der Waals surface area (Å²) in [5, 5.41) is 38.6. The maximum absolute atomic E-state index is 15.9. The number of phenolic OH excluding ortho intramolecular Hbond substituents is 3. The van der Waals surface area contributed by atoms with E-state index in [1.165, 1.54) is 0 Å². The first kappa shape index (κ1) is 78.8. The number of aromatic nitrogens is 6. The quantitative estimate of drug-likeness (QED) is 0.0282. The summed E-state index contributed by atoms with van der Waals surface area (Å²) in [5.41, 5.74) is 11.4. The molecule has 125 heavy (non-hydrogen) atoms. The lowest BCUT2D eigenvalue weighted by molar-refractivity contribution is -0.205. The molecule has 6 atom stereocenters. The van der Waals surface area contributed by atoms with Crippen LogP contribution in [0.1, 0.15) is 160 Å². The summed E-state index contributed by atoms with van der Waals surface area (Å²) in [6.07, 6.45) is 13.6. The fourth-order valence-electron chi connectivity index (χ4n) is 26.1. The zero-order valence-electron chi connectivity index (χ0n) is 69.1. The van der Waals surface area contributed by atoms with Crippen molar-refractivity contribution in [1.82, 2.24) is 29.9 Å². The average Bonchev–Trinajstić information content (AvgIpc) is 1.66. The molecule has 9 fully saturated rings. The summed E-state index contributed by atoms with van der Waals surface area (Å²) in [7, 11) is -5.13. The Bertz CT molecular complexity index is 6280. The van der Waals surface area contributed by atoms with E-state index < -0.39 is 40.7 Å². The van der Waals surface area contributed by atoms with Gasteiger partial charge in [-0.25, -0.2) is 13.6 Å². The van der Waals surface area contributed by atoms with E-state index >= 15 is 28.8 Å². The van der Waals surface area contributed by atoms with Crippen LogP contribution in [0, 0.1) is 74.0 Å². The minimum atomic E-state index is -5.13. The standard InChI is InChI=1S/C93H87Cl6N12O13P/c1-40-19-100-76-58(112)7-52-70(64(40)76)46(13-94)25-106(52)82(115)88-31-91(32-88,33-88)85(118)109-28-49(16-97)73-55(109)10-61(79-67(73)43(4)22-103-79)122-125(121,123-62-11-56-74(68-44(5)23-104-80(62)68)50(17-98)29-110(56)86(119)92-34-89(35-92,36-92)83(116)107-26-47(14-95)71-53(107)8-59(113)77-65(71)41(2)20-101-77)124-63-12-57-75(69-45(6)24-105-81(63)69)51(18-99)30-111(57)87(120)93-37-90(38-93,39-93)84(117)108-27-48(15-96)72-54(108)9-60(114)78-66(72)42(3)21-102-78/h7-12,19-24,46-51,100-105,121H,13-18,25-39H2,1-6H3,(H2-,112,113,114)/p+1/t46-,47-,48-,49-,50-,51-,88?,89?,90?,91?,92?,93?,125?/m1/s1. The van der Waals surface area contributed by atoms with Gasteiger partial charge in [0.05, 0.1) is 99.7 Å². The number of fused-ring (bicyclic) bond motifs is 18. The Morgan fingerprint density at radius 1 is 0.312 bits per heavy atom. The van der Waals surface area contributed by atoms with Crippen molar-refractivity contribution in [3.05, 3.63) is 140 Å². The topological polar surface area (TPSA) is 325 Å². The molecular formula is C93H88Cl6N12O13P+. The number of H-pyrrole nitrogens is 6. The van der Waals surface area contributed by atoms with E-state index in [1.54, 1.807) is 65.8 Å². The van der Waals surface area contributed by atoms with Crippen LogP contribution in [0.5, 0.6) is 34.5 Å². The number of phenols is 3. The second-order valence-corrected chi connectivity index (χ2v) is 42.2. The fraction of sp³-hybridized carbons (Fsp3) is 0.419. The molecule has 32 heteroatoms. The van der Waals surface area contributed by atoms with Crippen LogP contribution in [-0.2, 0) is 28.8 Å². The van der Waals surface area contributed by atoms with Crippen molar-refractivity contribution in [2.45, 2.75) is 135 Å². The highest BCUT2D eigenvalue weighted by Gasteiger charge is 2.79. The van der Waals surface area contributed by atoms with Gasteiger partial charge < -0.3 is 74.6 Å². The number of hydrogen-bond donors (Lipinski definition) is 10. The third-order valence-corrected chi connectivity index (χ3v) is 35.0.